The third kappa shape index (κ3) is 2.98. The Morgan fingerprint density at radius 3 is 2.75 bits per heavy atom. The molecule has 0 aromatic heterocycles. The molecule has 0 aromatic rings. The van der Waals surface area contributed by atoms with E-state index in [1.807, 2.05) is 0 Å². The Bertz CT molecular complexity index is 359. The first-order valence-corrected chi connectivity index (χ1v) is 4.76. The zero-order chi connectivity index (χ0) is 12.1. The monoisotopic (exact) mass is 223 g/mol. The molecule has 0 bridgehead atoms. The molecular formula is C10H13N3O3. The van der Waals surface area contributed by atoms with Crippen molar-refractivity contribution >= 4 is 17.7 Å². The molecule has 0 unspecified atom stereocenters. The van der Waals surface area contributed by atoms with E-state index in [0.29, 0.717) is 0 Å². The minimum absolute atomic E-state index is 0.0151. The van der Waals surface area contributed by atoms with Crippen LogP contribution in [0.15, 0.2) is 0 Å². The van der Waals surface area contributed by atoms with Crippen LogP contribution in [0.4, 0.5) is 0 Å². The van der Waals surface area contributed by atoms with E-state index >= 15 is 0 Å². The molecule has 1 aliphatic heterocycles. The summed E-state index contributed by atoms with van der Waals surface area (Å²) in [7, 11) is 1.55. The van der Waals surface area contributed by atoms with Crippen LogP contribution in [0.25, 0.3) is 0 Å². The quantitative estimate of drug-likeness (QED) is 0.565. The van der Waals surface area contributed by atoms with Gasteiger partial charge in [-0.1, -0.05) is 5.92 Å². The van der Waals surface area contributed by atoms with Crippen molar-refractivity contribution in [3.8, 4) is 12.3 Å². The molecular weight excluding hydrogens is 210 g/mol. The van der Waals surface area contributed by atoms with Gasteiger partial charge in [0.25, 0.3) is 0 Å². The van der Waals surface area contributed by atoms with Crippen molar-refractivity contribution in [2.24, 2.45) is 0 Å². The maximum atomic E-state index is 11.5. The zero-order valence-electron chi connectivity index (χ0n) is 9.02. The van der Waals surface area contributed by atoms with Gasteiger partial charge in [-0.25, -0.2) is 0 Å². The van der Waals surface area contributed by atoms with Crippen LogP contribution in [0.2, 0.25) is 0 Å². The van der Waals surface area contributed by atoms with Crippen molar-refractivity contribution in [3.63, 3.8) is 0 Å². The van der Waals surface area contributed by atoms with Gasteiger partial charge in [0, 0.05) is 7.05 Å². The van der Waals surface area contributed by atoms with Crippen LogP contribution in [0.5, 0.6) is 0 Å². The van der Waals surface area contributed by atoms with Gasteiger partial charge in [0.15, 0.2) is 0 Å². The highest BCUT2D eigenvalue weighted by molar-refractivity contribution is 5.94. The molecule has 86 valence electrons. The number of terminal acetylenes is 1. The molecule has 16 heavy (non-hydrogen) atoms. The highest BCUT2D eigenvalue weighted by Gasteiger charge is 2.28. The molecule has 0 aromatic carbocycles. The third-order valence-corrected chi connectivity index (χ3v) is 2.20. The van der Waals surface area contributed by atoms with E-state index in [4.69, 9.17) is 6.42 Å². The summed E-state index contributed by atoms with van der Waals surface area (Å²) in [4.78, 5) is 36.6. The molecule has 6 nitrogen and oxygen atoms in total. The van der Waals surface area contributed by atoms with Crippen LogP contribution in [0.1, 0.15) is 0 Å². The molecule has 0 spiro atoms. The van der Waals surface area contributed by atoms with E-state index in [9.17, 15) is 14.4 Å². The summed E-state index contributed by atoms with van der Waals surface area (Å²) in [6, 6.07) is 0. The van der Waals surface area contributed by atoms with Gasteiger partial charge in [-0.15, -0.1) is 6.42 Å². The molecule has 0 radical (unpaired) electrons. The van der Waals surface area contributed by atoms with E-state index < -0.39 is 0 Å². The summed E-state index contributed by atoms with van der Waals surface area (Å²) in [5, 5.41) is 2.43. The summed E-state index contributed by atoms with van der Waals surface area (Å²) in [5.74, 6) is 1.48. The van der Waals surface area contributed by atoms with Crippen molar-refractivity contribution in [1.29, 1.82) is 0 Å². The Morgan fingerprint density at radius 1 is 1.44 bits per heavy atom. The number of carbonyl (C=O) groups is 3. The van der Waals surface area contributed by atoms with E-state index in [0.717, 1.165) is 0 Å². The lowest BCUT2D eigenvalue weighted by Gasteiger charge is -2.31. The predicted molar refractivity (Wildman–Crippen MR) is 56.1 cm³/mol. The van der Waals surface area contributed by atoms with Crippen molar-refractivity contribution < 1.29 is 14.4 Å². The predicted octanol–water partition coefficient (Wildman–Crippen LogP) is -1.96. The lowest BCUT2D eigenvalue weighted by atomic mass is 10.3. The highest BCUT2D eigenvalue weighted by atomic mass is 16.2. The number of nitrogens with one attached hydrogen (secondary N) is 1. The smallest absolute Gasteiger partial charge is 0.243 e. The second-order valence-electron chi connectivity index (χ2n) is 3.48. The van der Waals surface area contributed by atoms with Gasteiger partial charge in [-0.2, -0.15) is 0 Å². The van der Waals surface area contributed by atoms with Crippen molar-refractivity contribution in [2.75, 3.05) is 33.2 Å². The van der Waals surface area contributed by atoms with Gasteiger partial charge in [0.05, 0.1) is 13.1 Å². The normalized spacial score (nSPS) is 16.0. The Labute approximate surface area is 93.6 Å². The SMILES string of the molecule is C#CCNC(=O)CN1CC(=O)N(C)CC1=O. The maximum absolute atomic E-state index is 11.5. The summed E-state index contributed by atoms with van der Waals surface area (Å²) >= 11 is 0. The van der Waals surface area contributed by atoms with Crippen LogP contribution in [-0.4, -0.2) is 60.7 Å². The maximum Gasteiger partial charge on any atom is 0.243 e. The molecule has 0 saturated carbocycles. The lowest BCUT2D eigenvalue weighted by Crippen LogP contribution is -2.54. The summed E-state index contributed by atoms with van der Waals surface area (Å²) in [6.07, 6.45) is 4.97. The first kappa shape index (κ1) is 12.0. The van der Waals surface area contributed by atoms with Gasteiger partial charge < -0.3 is 15.1 Å². The molecule has 1 saturated heterocycles. The first-order valence-electron chi connectivity index (χ1n) is 4.76. The summed E-state index contributed by atoms with van der Waals surface area (Å²) in [5.41, 5.74) is 0. The fourth-order valence-corrected chi connectivity index (χ4v) is 1.29. The number of carbonyl (C=O) groups excluding carboxylic acids is 3. The third-order valence-electron chi connectivity index (χ3n) is 2.20. The Kier molecular flexibility index (Phi) is 3.89. The van der Waals surface area contributed by atoms with Crippen molar-refractivity contribution in [1.82, 2.24) is 15.1 Å². The minimum atomic E-state index is -0.358. The van der Waals surface area contributed by atoms with Crippen LogP contribution >= 0.6 is 0 Å². The number of hydrogen-bond donors (Lipinski definition) is 1. The summed E-state index contributed by atoms with van der Waals surface area (Å²) in [6.45, 7) is -0.0468. The average Bonchev–Trinajstić information content (AvgIpc) is 2.23. The van der Waals surface area contributed by atoms with E-state index in [2.05, 4.69) is 11.2 Å². The second kappa shape index (κ2) is 5.16. The van der Waals surface area contributed by atoms with E-state index in [1.165, 1.54) is 9.80 Å². The number of likely N-dealkylation sites (N-methyl/N-ethyl adjacent to an activating group) is 1. The number of rotatable bonds is 3. The minimum Gasteiger partial charge on any atom is -0.344 e. The molecule has 0 aliphatic carbocycles. The Morgan fingerprint density at radius 2 is 2.12 bits per heavy atom. The van der Waals surface area contributed by atoms with Crippen LogP contribution < -0.4 is 5.32 Å². The fraction of sp³-hybridized carbons (Fsp3) is 0.500. The lowest BCUT2D eigenvalue weighted by molar-refractivity contribution is -0.150. The van der Waals surface area contributed by atoms with Gasteiger partial charge in [-0.3, -0.25) is 14.4 Å². The number of hydrogen-bond acceptors (Lipinski definition) is 3. The van der Waals surface area contributed by atoms with Crippen LogP contribution in [-0.2, 0) is 14.4 Å². The second-order valence-corrected chi connectivity index (χ2v) is 3.48. The van der Waals surface area contributed by atoms with Gasteiger partial charge in [-0.05, 0) is 0 Å². The van der Waals surface area contributed by atoms with Crippen molar-refractivity contribution in [2.45, 2.75) is 0 Å². The fourth-order valence-electron chi connectivity index (χ4n) is 1.29. The summed E-state index contributed by atoms with van der Waals surface area (Å²) < 4.78 is 0. The Hall–Kier alpha value is -2.03. The molecule has 1 N–H and O–H groups in total. The van der Waals surface area contributed by atoms with Crippen molar-refractivity contribution in [3.05, 3.63) is 0 Å². The molecule has 1 aliphatic rings. The van der Waals surface area contributed by atoms with E-state index in [-0.39, 0.29) is 43.9 Å². The Balaban J connectivity index is 2.48. The molecule has 6 heteroatoms. The van der Waals surface area contributed by atoms with E-state index in [1.54, 1.807) is 7.05 Å². The zero-order valence-corrected chi connectivity index (χ0v) is 9.02. The van der Waals surface area contributed by atoms with Crippen LogP contribution in [0, 0.1) is 12.3 Å². The van der Waals surface area contributed by atoms with Gasteiger partial charge >= 0.3 is 0 Å². The molecule has 1 heterocycles. The first-order chi connectivity index (χ1) is 7.54. The topological polar surface area (TPSA) is 69.7 Å². The number of piperazine rings is 1. The largest absolute Gasteiger partial charge is 0.344 e. The molecule has 0 atom stereocenters. The molecule has 1 rings (SSSR count). The average molecular weight is 223 g/mol. The van der Waals surface area contributed by atoms with Gasteiger partial charge in [0.2, 0.25) is 17.7 Å². The highest BCUT2D eigenvalue weighted by Crippen LogP contribution is 2.01. The van der Waals surface area contributed by atoms with Gasteiger partial charge in [0.1, 0.15) is 13.1 Å². The number of nitrogens with zero attached hydrogens (tertiary/aromatic N) is 2. The molecule has 1 fully saturated rings. The number of amides is 3. The van der Waals surface area contributed by atoms with Crippen LogP contribution in [0.3, 0.4) is 0 Å². The molecule has 3 amide bonds. The standard InChI is InChI=1S/C10H13N3O3/c1-3-4-11-8(14)5-13-7-9(15)12(2)6-10(13)16/h1H,4-7H2,2H3,(H,11,14).